The minimum Gasteiger partial charge on any atom is -0.343 e. The molecule has 188 valence electrons. The van der Waals surface area contributed by atoms with E-state index < -0.39 is 5.41 Å². The number of hydrogen-bond acceptors (Lipinski definition) is 4. The van der Waals surface area contributed by atoms with Gasteiger partial charge in [0.2, 0.25) is 11.8 Å². The van der Waals surface area contributed by atoms with Crippen LogP contribution in [0.15, 0.2) is 79.1 Å². The van der Waals surface area contributed by atoms with Crippen LogP contribution in [0.4, 0.5) is 5.69 Å². The number of nitrogens with one attached hydrogen (secondary N) is 1. The van der Waals surface area contributed by atoms with Crippen LogP contribution in [-0.2, 0) is 21.5 Å². The van der Waals surface area contributed by atoms with Gasteiger partial charge < -0.3 is 10.2 Å². The summed E-state index contributed by atoms with van der Waals surface area (Å²) in [6, 6.07) is 23.0. The van der Waals surface area contributed by atoms with E-state index >= 15 is 0 Å². The van der Waals surface area contributed by atoms with Crippen LogP contribution in [0.2, 0.25) is 0 Å². The Kier molecular flexibility index (Phi) is 5.08. The van der Waals surface area contributed by atoms with Crippen molar-refractivity contribution in [3.05, 3.63) is 90.3 Å². The number of anilines is 1. The van der Waals surface area contributed by atoms with E-state index in [0.717, 1.165) is 44.2 Å². The van der Waals surface area contributed by atoms with Gasteiger partial charge in [0, 0.05) is 42.7 Å². The zero-order valence-corrected chi connectivity index (χ0v) is 21.1. The molecular formula is C31H27N5O2. The molecule has 7 rings (SSSR count). The number of piperidine rings is 1. The average molecular weight is 502 g/mol. The van der Waals surface area contributed by atoms with Crippen LogP contribution in [0.5, 0.6) is 0 Å². The lowest BCUT2D eigenvalue weighted by Crippen LogP contribution is -2.47. The number of hydrogen-bond donors (Lipinski definition) is 1. The van der Waals surface area contributed by atoms with Crippen molar-refractivity contribution in [3.63, 3.8) is 0 Å². The Morgan fingerprint density at radius 1 is 0.974 bits per heavy atom. The molecule has 7 nitrogen and oxygen atoms in total. The SMILES string of the molecule is CC(=O)N1CCC2(CC1)C(=O)Nc1ccc(-c3ccc4cnn(Cc5ccc6ncccc6c5)c4c3)cc12. The Hall–Kier alpha value is -4.52. The van der Waals surface area contributed by atoms with Crippen LogP contribution in [0.1, 0.15) is 30.9 Å². The smallest absolute Gasteiger partial charge is 0.235 e. The van der Waals surface area contributed by atoms with E-state index in [0.29, 0.717) is 32.5 Å². The van der Waals surface area contributed by atoms with E-state index in [4.69, 9.17) is 0 Å². The molecule has 2 aliphatic heterocycles. The molecule has 2 amide bonds. The summed E-state index contributed by atoms with van der Waals surface area (Å²) in [6.07, 6.45) is 5.00. The van der Waals surface area contributed by atoms with Crippen LogP contribution in [0.3, 0.4) is 0 Å². The largest absolute Gasteiger partial charge is 0.343 e. The Balaban J connectivity index is 1.23. The predicted molar refractivity (Wildman–Crippen MR) is 148 cm³/mol. The summed E-state index contributed by atoms with van der Waals surface area (Å²) in [7, 11) is 0. The van der Waals surface area contributed by atoms with E-state index in [1.165, 1.54) is 5.56 Å². The Bertz CT molecular complexity index is 1750. The van der Waals surface area contributed by atoms with E-state index in [1.54, 1.807) is 6.92 Å². The van der Waals surface area contributed by atoms with Crippen molar-refractivity contribution in [3.8, 4) is 11.1 Å². The number of benzene rings is 3. The third-order valence-corrected chi connectivity index (χ3v) is 8.26. The average Bonchev–Trinajstić information content (AvgIpc) is 3.46. The minimum atomic E-state index is -0.575. The summed E-state index contributed by atoms with van der Waals surface area (Å²) in [4.78, 5) is 31.3. The lowest BCUT2D eigenvalue weighted by molar-refractivity contribution is -0.133. The summed E-state index contributed by atoms with van der Waals surface area (Å²) in [6.45, 7) is 3.46. The molecule has 4 heterocycles. The highest BCUT2D eigenvalue weighted by atomic mass is 16.2. The third kappa shape index (κ3) is 3.57. The Morgan fingerprint density at radius 3 is 2.63 bits per heavy atom. The fourth-order valence-electron chi connectivity index (χ4n) is 6.07. The summed E-state index contributed by atoms with van der Waals surface area (Å²) < 4.78 is 2.04. The monoisotopic (exact) mass is 501 g/mol. The maximum atomic E-state index is 13.1. The molecular weight excluding hydrogens is 474 g/mol. The number of aromatic nitrogens is 3. The van der Waals surface area contributed by atoms with Crippen LogP contribution in [-0.4, -0.2) is 44.6 Å². The van der Waals surface area contributed by atoms with Gasteiger partial charge in [0.25, 0.3) is 0 Å². The zero-order valence-electron chi connectivity index (χ0n) is 21.1. The van der Waals surface area contributed by atoms with Crippen molar-refractivity contribution in [2.75, 3.05) is 18.4 Å². The fourth-order valence-corrected chi connectivity index (χ4v) is 6.07. The number of rotatable bonds is 3. The molecule has 7 heteroatoms. The zero-order chi connectivity index (χ0) is 25.9. The summed E-state index contributed by atoms with van der Waals surface area (Å²) in [5.74, 6) is 0.115. The maximum Gasteiger partial charge on any atom is 0.235 e. The van der Waals surface area contributed by atoms with Gasteiger partial charge in [-0.3, -0.25) is 19.3 Å². The summed E-state index contributed by atoms with van der Waals surface area (Å²) in [5, 5.41) is 9.97. The van der Waals surface area contributed by atoms with Crippen molar-refractivity contribution in [1.82, 2.24) is 19.7 Å². The van der Waals surface area contributed by atoms with Crippen molar-refractivity contribution in [2.24, 2.45) is 0 Å². The van der Waals surface area contributed by atoms with Gasteiger partial charge in [-0.25, -0.2) is 0 Å². The number of nitrogens with zero attached hydrogens (tertiary/aromatic N) is 4. The second kappa shape index (κ2) is 8.52. The molecule has 1 N–H and O–H groups in total. The van der Waals surface area contributed by atoms with Crippen molar-refractivity contribution < 1.29 is 9.59 Å². The van der Waals surface area contributed by atoms with E-state index in [-0.39, 0.29) is 11.8 Å². The lowest BCUT2D eigenvalue weighted by Gasteiger charge is -2.37. The molecule has 1 fully saturated rings. The lowest BCUT2D eigenvalue weighted by atomic mass is 9.73. The van der Waals surface area contributed by atoms with Crippen molar-refractivity contribution in [2.45, 2.75) is 31.7 Å². The predicted octanol–water partition coefficient (Wildman–Crippen LogP) is 5.13. The molecule has 2 aliphatic rings. The molecule has 0 unspecified atom stereocenters. The molecule has 0 aliphatic carbocycles. The van der Waals surface area contributed by atoms with Crippen LogP contribution >= 0.6 is 0 Å². The third-order valence-electron chi connectivity index (χ3n) is 8.26. The molecule has 3 aromatic carbocycles. The summed E-state index contributed by atoms with van der Waals surface area (Å²) in [5.41, 5.74) is 6.72. The first kappa shape index (κ1) is 22.7. The number of likely N-dealkylation sites (tertiary alicyclic amines) is 1. The van der Waals surface area contributed by atoms with Gasteiger partial charge in [0.05, 0.1) is 29.2 Å². The highest BCUT2D eigenvalue weighted by Gasteiger charge is 2.48. The van der Waals surface area contributed by atoms with Gasteiger partial charge in [-0.1, -0.05) is 30.3 Å². The molecule has 0 bridgehead atoms. The molecule has 5 aromatic rings. The first-order chi connectivity index (χ1) is 18.5. The molecule has 0 saturated carbocycles. The van der Waals surface area contributed by atoms with Crippen LogP contribution in [0.25, 0.3) is 32.9 Å². The van der Waals surface area contributed by atoms with Crippen molar-refractivity contribution >= 4 is 39.3 Å². The first-order valence-corrected chi connectivity index (χ1v) is 13.0. The van der Waals surface area contributed by atoms with E-state index in [2.05, 4.69) is 70.0 Å². The molecule has 0 atom stereocenters. The standard InChI is InChI=1S/C31H27N5O2/c1-20(37)35-13-10-31(11-14-35)26-16-22(7-9-28(26)34-30(31)38)23-5-6-25-18-33-36(29(25)17-23)19-21-4-8-27-24(15-21)3-2-12-32-27/h2-9,12,15-18H,10-11,13-14,19H2,1H3,(H,34,38). The van der Waals surface area contributed by atoms with E-state index in [9.17, 15) is 9.59 Å². The van der Waals surface area contributed by atoms with Gasteiger partial charge in [0.15, 0.2) is 0 Å². The number of pyridine rings is 1. The van der Waals surface area contributed by atoms with Gasteiger partial charge in [0.1, 0.15) is 0 Å². The van der Waals surface area contributed by atoms with Crippen molar-refractivity contribution in [1.29, 1.82) is 0 Å². The number of carbonyl (C=O) groups excluding carboxylic acids is 2. The van der Waals surface area contributed by atoms with Gasteiger partial charge >= 0.3 is 0 Å². The van der Waals surface area contributed by atoms with Gasteiger partial charge in [-0.05, 0) is 71.5 Å². The van der Waals surface area contributed by atoms with Crippen LogP contribution < -0.4 is 5.32 Å². The molecule has 2 aromatic heterocycles. The highest BCUT2D eigenvalue weighted by Crippen LogP contribution is 2.46. The second-order valence-electron chi connectivity index (χ2n) is 10.4. The summed E-state index contributed by atoms with van der Waals surface area (Å²) >= 11 is 0. The van der Waals surface area contributed by atoms with E-state index in [1.807, 2.05) is 34.1 Å². The second-order valence-corrected chi connectivity index (χ2v) is 10.4. The normalized spacial score (nSPS) is 16.2. The number of carbonyl (C=O) groups is 2. The minimum absolute atomic E-state index is 0.0481. The van der Waals surface area contributed by atoms with Crippen LogP contribution in [0, 0.1) is 0 Å². The maximum absolute atomic E-state index is 13.1. The Labute approximate surface area is 220 Å². The first-order valence-electron chi connectivity index (χ1n) is 13.0. The molecule has 0 radical (unpaired) electrons. The quantitative estimate of drug-likeness (QED) is 0.372. The van der Waals surface area contributed by atoms with Gasteiger partial charge in [-0.2, -0.15) is 5.10 Å². The molecule has 1 saturated heterocycles. The van der Waals surface area contributed by atoms with Gasteiger partial charge in [-0.15, -0.1) is 0 Å². The molecule has 1 spiro atoms. The molecule has 38 heavy (non-hydrogen) atoms. The Morgan fingerprint density at radius 2 is 1.79 bits per heavy atom. The number of amides is 2. The topological polar surface area (TPSA) is 80.1 Å². The highest BCUT2D eigenvalue weighted by molar-refractivity contribution is 6.07. The number of fused-ring (bicyclic) bond motifs is 4. The fraction of sp³-hybridized carbons (Fsp3) is 0.226.